The summed E-state index contributed by atoms with van der Waals surface area (Å²) in [5.41, 5.74) is 2.81. The molecule has 3 rings (SSSR count). The number of nitrogens with one attached hydrogen (secondary N) is 1. The minimum absolute atomic E-state index is 0.0226. The molecule has 6 heteroatoms. The second-order valence-corrected chi connectivity index (χ2v) is 6.99. The standard InChI is InChI=1S/C18H20BrN3O2/c1-13(14-4-6-15(19)7-5-14)20-17-12-16(21-10-2-3-11-21)8-9-18(17)22(23)24/h4-9,12-13,20H,2-3,10-11H2,1H3/t13-/m0/s1. The van der Waals surface area contributed by atoms with Gasteiger partial charge in [-0.2, -0.15) is 0 Å². The Morgan fingerprint density at radius 1 is 1.17 bits per heavy atom. The number of rotatable bonds is 5. The van der Waals surface area contributed by atoms with Gasteiger partial charge in [-0.25, -0.2) is 0 Å². The molecule has 5 nitrogen and oxygen atoms in total. The third-order valence-corrected chi connectivity index (χ3v) is 4.92. The fourth-order valence-electron chi connectivity index (χ4n) is 3.04. The molecule has 0 aliphatic carbocycles. The number of anilines is 2. The largest absolute Gasteiger partial charge is 0.373 e. The van der Waals surface area contributed by atoms with Crippen molar-refractivity contribution in [2.24, 2.45) is 0 Å². The SMILES string of the molecule is C[C@H](Nc1cc(N2CCCC2)ccc1[N+](=O)[O-])c1ccc(Br)cc1. The van der Waals surface area contributed by atoms with Crippen molar-refractivity contribution in [3.63, 3.8) is 0 Å². The number of hydrogen-bond donors (Lipinski definition) is 1. The molecule has 126 valence electrons. The van der Waals surface area contributed by atoms with Crippen LogP contribution in [0.2, 0.25) is 0 Å². The molecule has 0 bridgehead atoms. The molecule has 24 heavy (non-hydrogen) atoms. The molecule has 0 unspecified atom stereocenters. The lowest BCUT2D eigenvalue weighted by Crippen LogP contribution is -2.18. The average Bonchev–Trinajstić information content (AvgIpc) is 3.09. The summed E-state index contributed by atoms with van der Waals surface area (Å²) in [7, 11) is 0. The zero-order chi connectivity index (χ0) is 17.1. The van der Waals surface area contributed by atoms with E-state index in [0.29, 0.717) is 5.69 Å². The molecule has 0 spiro atoms. The highest BCUT2D eigenvalue weighted by atomic mass is 79.9. The Morgan fingerprint density at radius 3 is 2.46 bits per heavy atom. The fourth-order valence-corrected chi connectivity index (χ4v) is 3.30. The first-order valence-electron chi connectivity index (χ1n) is 8.10. The van der Waals surface area contributed by atoms with E-state index in [1.807, 2.05) is 43.3 Å². The molecule has 1 aliphatic rings. The predicted molar refractivity (Wildman–Crippen MR) is 101 cm³/mol. The second-order valence-electron chi connectivity index (χ2n) is 6.07. The number of halogens is 1. The van der Waals surface area contributed by atoms with E-state index in [1.165, 1.54) is 12.8 Å². The summed E-state index contributed by atoms with van der Waals surface area (Å²) in [6.07, 6.45) is 2.35. The van der Waals surface area contributed by atoms with Crippen molar-refractivity contribution in [2.45, 2.75) is 25.8 Å². The summed E-state index contributed by atoms with van der Waals surface area (Å²) in [5.74, 6) is 0. The quantitative estimate of drug-likeness (QED) is 0.568. The van der Waals surface area contributed by atoms with Crippen LogP contribution in [-0.2, 0) is 0 Å². The summed E-state index contributed by atoms with van der Waals surface area (Å²) in [6, 6.07) is 13.3. The van der Waals surface area contributed by atoms with E-state index in [4.69, 9.17) is 0 Å². The summed E-state index contributed by atoms with van der Waals surface area (Å²) in [4.78, 5) is 13.3. The van der Waals surface area contributed by atoms with Crippen LogP contribution in [-0.4, -0.2) is 18.0 Å². The van der Waals surface area contributed by atoms with Crippen molar-refractivity contribution in [3.8, 4) is 0 Å². The lowest BCUT2D eigenvalue weighted by molar-refractivity contribution is -0.384. The minimum Gasteiger partial charge on any atom is -0.373 e. The molecule has 1 atom stereocenters. The van der Waals surface area contributed by atoms with Crippen LogP contribution in [0.25, 0.3) is 0 Å². The van der Waals surface area contributed by atoms with Crippen LogP contribution in [0.5, 0.6) is 0 Å². The van der Waals surface area contributed by atoms with Crippen molar-refractivity contribution in [2.75, 3.05) is 23.3 Å². The predicted octanol–water partition coefficient (Wildman–Crippen LogP) is 5.13. The third kappa shape index (κ3) is 3.70. The average molecular weight is 390 g/mol. The highest BCUT2D eigenvalue weighted by Crippen LogP contribution is 2.33. The Labute approximate surface area is 150 Å². The van der Waals surface area contributed by atoms with Crippen molar-refractivity contribution in [1.82, 2.24) is 0 Å². The molecule has 1 fully saturated rings. The van der Waals surface area contributed by atoms with E-state index in [0.717, 1.165) is 28.8 Å². The smallest absolute Gasteiger partial charge is 0.292 e. The van der Waals surface area contributed by atoms with Gasteiger partial charge in [0.15, 0.2) is 0 Å². The lowest BCUT2D eigenvalue weighted by atomic mass is 10.1. The van der Waals surface area contributed by atoms with Gasteiger partial charge in [-0.3, -0.25) is 10.1 Å². The van der Waals surface area contributed by atoms with Crippen LogP contribution in [0.4, 0.5) is 17.1 Å². The fraction of sp³-hybridized carbons (Fsp3) is 0.333. The molecular weight excluding hydrogens is 370 g/mol. The Hall–Kier alpha value is -2.08. The van der Waals surface area contributed by atoms with Crippen molar-refractivity contribution in [3.05, 3.63) is 62.6 Å². The zero-order valence-electron chi connectivity index (χ0n) is 13.5. The molecule has 0 radical (unpaired) electrons. The van der Waals surface area contributed by atoms with E-state index in [-0.39, 0.29) is 16.7 Å². The monoisotopic (exact) mass is 389 g/mol. The number of nitrogens with zero attached hydrogens (tertiary/aromatic N) is 2. The molecule has 1 heterocycles. The van der Waals surface area contributed by atoms with Crippen molar-refractivity contribution >= 4 is 33.0 Å². The minimum atomic E-state index is -0.329. The van der Waals surface area contributed by atoms with E-state index < -0.39 is 0 Å². The Balaban J connectivity index is 1.87. The van der Waals surface area contributed by atoms with Gasteiger partial charge in [-0.05, 0) is 49.6 Å². The van der Waals surface area contributed by atoms with E-state index in [1.54, 1.807) is 6.07 Å². The zero-order valence-corrected chi connectivity index (χ0v) is 15.1. The molecule has 1 aliphatic heterocycles. The van der Waals surface area contributed by atoms with E-state index in [9.17, 15) is 10.1 Å². The maximum Gasteiger partial charge on any atom is 0.292 e. The van der Waals surface area contributed by atoms with Gasteiger partial charge >= 0.3 is 0 Å². The summed E-state index contributed by atoms with van der Waals surface area (Å²) in [5, 5.41) is 14.7. The second kappa shape index (κ2) is 7.21. The van der Waals surface area contributed by atoms with Gasteiger partial charge in [0.1, 0.15) is 5.69 Å². The van der Waals surface area contributed by atoms with Crippen LogP contribution in [0.15, 0.2) is 46.9 Å². The van der Waals surface area contributed by atoms with Crippen LogP contribution in [0, 0.1) is 10.1 Å². The number of benzene rings is 2. The number of hydrogen-bond acceptors (Lipinski definition) is 4. The highest BCUT2D eigenvalue weighted by molar-refractivity contribution is 9.10. The van der Waals surface area contributed by atoms with Gasteiger partial charge in [-0.15, -0.1) is 0 Å². The van der Waals surface area contributed by atoms with Gasteiger partial charge in [0.05, 0.1) is 4.92 Å². The van der Waals surface area contributed by atoms with Crippen LogP contribution >= 0.6 is 15.9 Å². The van der Waals surface area contributed by atoms with Crippen molar-refractivity contribution < 1.29 is 4.92 Å². The first-order chi connectivity index (χ1) is 11.5. The van der Waals surface area contributed by atoms with Gasteiger partial charge in [0.2, 0.25) is 0 Å². The van der Waals surface area contributed by atoms with Crippen LogP contribution in [0.1, 0.15) is 31.4 Å². The van der Waals surface area contributed by atoms with Gasteiger partial charge in [-0.1, -0.05) is 28.1 Å². The Morgan fingerprint density at radius 2 is 1.83 bits per heavy atom. The summed E-state index contributed by atoms with van der Waals surface area (Å²) >= 11 is 3.42. The van der Waals surface area contributed by atoms with Gasteiger partial charge in [0.25, 0.3) is 5.69 Å². The summed E-state index contributed by atoms with van der Waals surface area (Å²) < 4.78 is 1.01. The first kappa shape index (κ1) is 16.8. The molecule has 0 saturated carbocycles. The first-order valence-corrected chi connectivity index (χ1v) is 8.89. The van der Waals surface area contributed by atoms with Crippen LogP contribution in [0.3, 0.4) is 0 Å². The van der Waals surface area contributed by atoms with E-state index in [2.05, 4.69) is 26.1 Å². The van der Waals surface area contributed by atoms with Crippen LogP contribution < -0.4 is 10.2 Å². The lowest BCUT2D eigenvalue weighted by Gasteiger charge is -2.21. The van der Waals surface area contributed by atoms with Gasteiger partial charge in [0, 0.05) is 35.4 Å². The Bertz CT molecular complexity index is 728. The Kier molecular flexibility index (Phi) is 5.04. The molecule has 1 saturated heterocycles. The molecule has 1 N–H and O–H groups in total. The third-order valence-electron chi connectivity index (χ3n) is 4.39. The maximum atomic E-state index is 11.4. The molecule has 2 aromatic rings. The highest BCUT2D eigenvalue weighted by Gasteiger charge is 2.20. The molecule has 0 amide bonds. The van der Waals surface area contributed by atoms with Gasteiger partial charge < -0.3 is 10.2 Å². The van der Waals surface area contributed by atoms with E-state index >= 15 is 0 Å². The number of nitro groups is 1. The normalized spacial score (nSPS) is 15.3. The molecular formula is C18H20BrN3O2. The number of nitro benzene ring substituents is 1. The maximum absolute atomic E-state index is 11.4. The summed E-state index contributed by atoms with van der Waals surface area (Å²) in [6.45, 7) is 4.04. The molecule has 0 aromatic heterocycles. The molecule has 2 aromatic carbocycles. The van der Waals surface area contributed by atoms with Crippen molar-refractivity contribution in [1.29, 1.82) is 0 Å². The topological polar surface area (TPSA) is 58.4 Å².